The number of rotatable bonds is 4. The van der Waals surface area contributed by atoms with Gasteiger partial charge in [-0.2, -0.15) is 0 Å². The minimum atomic E-state index is -0.980. The molecule has 0 saturated carbocycles. The number of benzene rings is 1. The fourth-order valence-electron chi connectivity index (χ4n) is 1.26. The van der Waals surface area contributed by atoms with Gasteiger partial charge in [0.15, 0.2) is 0 Å². The van der Waals surface area contributed by atoms with Gasteiger partial charge in [0, 0.05) is 12.5 Å². The van der Waals surface area contributed by atoms with E-state index in [2.05, 4.69) is 0 Å². The number of aliphatic carboxylic acids is 1. The third-order valence-electron chi connectivity index (χ3n) is 1.82. The molecule has 0 atom stereocenters. The molecule has 0 saturated heterocycles. The first-order valence-electron chi connectivity index (χ1n) is 4.57. The standard InChI is InChI=1S/C12H12O3/c1-9(13)7-11-4-2-3-10(8-11)5-6-12(14)15/h2-6,8H,7H2,1H3,(H,14,15). The Labute approximate surface area is 88.0 Å². The Balaban J connectivity index is 2.82. The Morgan fingerprint density at radius 3 is 2.73 bits per heavy atom. The largest absolute Gasteiger partial charge is 0.478 e. The fourth-order valence-corrected chi connectivity index (χ4v) is 1.26. The Morgan fingerprint density at radius 1 is 1.40 bits per heavy atom. The molecule has 1 aromatic carbocycles. The molecule has 0 unspecified atom stereocenters. The number of carbonyl (C=O) groups excluding carboxylic acids is 1. The first-order valence-corrected chi connectivity index (χ1v) is 4.57. The van der Waals surface area contributed by atoms with E-state index in [0.717, 1.165) is 17.2 Å². The van der Waals surface area contributed by atoms with Gasteiger partial charge in [-0.25, -0.2) is 4.79 Å². The van der Waals surface area contributed by atoms with E-state index in [4.69, 9.17) is 5.11 Å². The van der Waals surface area contributed by atoms with Gasteiger partial charge in [-0.15, -0.1) is 0 Å². The van der Waals surface area contributed by atoms with Crippen LogP contribution in [0.1, 0.15) is 18.1 Å². The lowest BCUT2D eigenvalue weighted by atomic mass is 10.1. The van der Waals surface area contributed by atoms with E-state index in [1.165, 1.54) is 13.0 Å². The van der Waals surface area contributed by atoms with E-state index in [1.54, 1.807) is 18.2 Å². The zero-order valence-corrected chi connectivity index (χ0v) is 8.43. The van der Waals surface area contributed by atoms with Gasteiger partial charge in [-0.1, -0.05) is 24.3 Å². The number of Topliss-reactive ketones (excluding diaryl/α,β-unsaturated/α-hetero) is 1. The molecule has 0 aliphatic carbocycles. The molecule has 3 nitrogen and oxygen atoms in total. The van der Waals surface area contributed by atoms with Crippen molar-refractivity contribution in [3.8, 4) is 0 Å². The number of carbonyl (C=O) groups is 2. The molecule has 0 aromatic heterocycles. The molecule has 0 heterocycles. The van der Waals surface area contributed by atoms with Crippen molar-refractivity contribution in [2.75, 3.05) is 0 Å². The van der Waals surface area contributed by atoms with E-state index in [-0.39, 0.29) is 5.78 Å². The van der Waals surface area contributed by atoms with E-state index >= 15 is 0 Å². The van der Waals surface area contributed by atoms with Gasteiger partial charge in [0.05, 0.1) is 0 Å². The maximum Gasteiger partial charge on any atom is 0.328 e. The van der Waals surface area contributed by atoms with Gasteiger partial charge in [-0.05, 0) is 24.1 Å². The fraction of sp³-hybridized carbons (Fsp3) is 0.167. The molecule has 0 aliphatic heterocycles. The summed E-state index contributed by atoms with van der Waals surface area (Å²) in [5.74, 6) is -0.888. The predicted molar refractivity (Wildman–Crippen MR) is 57.5 cm³/mol. The molecular weight excluding hydrogens is 192 g/mol. The van der Waals surface area contributed by atoms with Crippen LogP contribution in [0.2, 0.25) is 0 Å². The monoisotopic (exact) mass is 204 g/mol. The van der Waals surface area contributed by atoms with Crippen LogP contribution in [-0.2, 0) is 16.0 Å². The zero-order chi connectivity index (χ0) is 11.3. The second kappa shape index (κ2) is 5.10. The van der Waals surface area contributed by atoms with Crippen molar-refractivity contribution in [3.05, 3.63) is 41.5 Å². The van der Waals surface area contributed by atoms with Crippen molar-refractivity contribution < 1.29 is 14.7 Å². The van der Waals surface area contributed by atoms with E-state index in [9.17, 15) is 9.59 Å². The molecule has 0 fully saturated rings. The van der Waals surface area contributed by atoms with Crippen molar-refractivity contribution in [2.24, 2.45) is 0 Å². The van der Waals surface area contributed by atoms with Crippen molar-refractivity contribution in [1.82, 2.24) is 0 Å². The topological polar surface area (TPSA) is 54.4 Å². The Kier molecular flexibility index (Phi) is 3.80. The molecule has 78 valence electrons. The molecule has 0 radical (unpaired) electrons. The van der Waals surface area contributed by atoms with E-state index < -0.39 is 5.97 Å². The Morgan fingerprint density at radius 2 is 2.13 bits per heavy atom. The molecule has 1 N–H and O–H groups in total. The van der Waals surface area contributed by atoms with Gasteiger partial charge in [0.1, 0.15) is 5.78 Å². The Hall–Kier alpha value is -1.90. The molecular formula is C12H12O3. The van der Waals surface area contributed by atoms with Crippen molar-refractivity contribution in [2.45, 2.75) is 13.3 Å². The van der Waals surface area contributed by atoms with Gasteiger partial charge in [0.25, 0.3) is 0 Å². The van der Waals surface area contributed by atoms with Gasteiger partial charge in [-0.3, -0.25) is 4.79 Å². The smallest absolute Gasteiger partial charge is 0.328 e. The van der Waals surface area contributed by atoms with Crippen LogP contribution in [0.5, 0.6) is 0 Å². The molecule has 0 amide bonds. The Bertz CT molecular complexity index is 405. The second-order valence-corrected chi connectivity index (χ2v) is 3.30. The SMILES string of the molecule is CC(=O)Cc1cccc(C=CC(=O)O)c1. The van der Waals surface area contributed by atoms with Crippen LogP contribution in [0.15, 0.2) is 30.3 Å². The molecule has 15 heavy (non-hydrogen) atoms. The number of carboxylic acid groups (broad SMARTS) is 1. The minimum Gasteiger partial charge on any atom is -0.478 e. The lowest BCUT2D eigenvalue weighted by Gasteiger charge is -1.99. The number of carboxylic acids is 1. The van der Waals surface area contributed by atoms with Crippen molar-refractivity contribution in [1.29, 1.82) is 0 Å². The number of hydrogen-bond acceptors (Lipinski definition) is 2. The third-order valence-corrected chi connectivity index (χ3v) is 1.82. The summed E-state index contributed by atoms with van der Waals surface area (Å²) in [4.78, 5) is 21.2. The second-order valence-electron chi connectivity index (χ2n) is 3.30. The first kappa shape index (κ1) is 11.2. The quantitative estimate of drug-likeness (QED) is 0.762. The van der Waals surface area contributed by atoms with Crippen LogP contribution >= 0.6 is 0 Å². The van der Waals surface area contributed by atoms with Crippen LogP contribution in [0, 0.1) is 0 Å². The van der Waals surface area contributed by atoms with Crippen LogP contribution in [-0.4, -0.2) is 16.9 Å². The summed E-state index contributed by atoms with van der Waals surface area (Å²) >= 11 is 0. The average molecular weight is 204 g/mol. The average Bonchev–Trinajstić information content (AvgIpc) is 2.14. The van der Waals surface area contributed by atoms with E-state index in [1.807, 2.05) is 6.07 Å². The van der Waals surface area contributed by atoms with Gasteiger partial charge in [0.2, 0.25) is 0 Å². The summed E-state index contributed by atoms with van der Waals surface area (Å²) in [7, 11) is 0. The third kappa shape index (κ3) is 4.22. The lowest BCUT2D eigenvalue weighted by molar-refractivity contribution is -0.131. The van der Waals surface area contributed by atoms with Crippen LogP contribution in [0.4, 0.5) is 0 Å². The number of ketones is 1. The van der Waals surface area contributed by atoms with Crippen LogP contribution in [0.25, 0.3) is 6.08 Å². The van der Waals surface area contributed by atoms with Crippen LogP contribution < -0.4 is 0 Å². The maximum absolute atomic E-state index is 10.9. The zero-order valence-electron chi connectivity index (χ0n) is 8.43. The highest BCUT2D eigenvalue weighted by atomic mass is 16.4. The summed E-state index contributed by atoms with van der Waals surface area (Å²) < 4.78 is 0. The maximum atomic E-state index is 10.9. The van der Waals surface area contributed by atoms with Crippen LogP contribution in [0.3, 0.4) is 0 Å². The highest BCUT2D eigenvalue weighted by molar-refractivity contribution is 5.85. The summed E-state index contributed by atoms with van der Waals surface area (Å²) in [6.45, 7) is 1.53. The highest BCUT2D eigenvalue weighted by Crippen LogP contribution is 2.08. The molecule has 0 bridgehead atoms. The summed E-state index contributed by atoms with van der Waals surface area (Å²) in [6, 6.07) is 7.25. The minimum absolute atomic E-state index is 0.0920. The molecule has 3 heteroatoms. The van der Waals surface area contributed by atoms with Crippen molar-refractivity contribution in [3.63, 3.8) is 0 Å². The first-order chi connectivity index (χ1) is 7.08. The van der Waals surface area contributed by atoms with Crippen molar-refractivity contribution >= 4 is 17.8 Å². The molecule has 0 aliphatic rings. The normalized spacial score (nSPS) is 10.5. The lowest BCUT2D eigenvalue weighted by Crippen LogP contribution is -1.96. The summed E-state index contributed by atoms with van der Waals surface area (Å²) in [6.07, 6.45) is 2.97. The van der Waals surface area contributed by atoms with Gasteiger partial charge < -0.3 is 5.11 Å². The molecule has 1 aromatic rings. The molecule has 1 rings (SSSR count). The summed E-state index contributed by atoms with van der Waals surface area (Å²) in [5, 5.41) is 8.45. The predicted octanol–water partition coefficient (Wildman–Crippen LogP) is 1.92. The summed E-state index contributed by atoms with van der Waals surface area (Å²) in [5.41, 5.74) is 1.69. The van der Waals surface area contributed by atoms with E-state index in [0.29, 0.717) is 6.42 Å². The number of hydrogen-bond donors (Lipinski definition) is 1. The highest BCUT2D eigenvalue weighted by Gasteiger charge is 1.97. The van der Waals surface area contributed by atoms with Gasteiger partial charge >= 0.3 is 5.97 Å². The molecule has 0 spiro atoms.